The molecule has 0 saturated heterocycles. The molecule has 0 heterocycles. The van der Waals surface area contributed by atoms with Gasteiger partial charge in [0.25, 0.3) is 0 Å². The average molecular weight is 317 g/mol. The lowest BCUT2D eigenvalue weighted by Crippen LogP contribution is -2.15. The fraction of sp³-hybridized carbons (Fsp3) is 0.632. The summed E-state index contributed by atoms with van der Waals surface area (Å²) in [6.07, 6.45) is 11.0. The van der Waals surface area contributed by atoms with Gasteiger partial charge in [0.1, 0.15) is 5.75 Å². The van der Waals surface area contributed by atoms with E-state index >= 15 is 0 Å². The Hall–Kier alpha value is -1.18. The van der Waals surface area contributed by atoms with Crippen molar-refractivity contribution in [3.8, 4) is 5.75 Å². The van der Waals surface area contributed by atoms with Crippen LogP contribution in [-0.2, 0) is 0 Å². The molecule has 3 heteroatoms. The average Bonchev–Trinajstić information content (AvgIpc) is 2.55. The molecule has 0 aliphatic heterocycles. The SMILES string of the molecule is CCC[C@H]1CC[C@H](CCCOc2ccc(N=C=S)cc2)CC1. The summed E-state index contributed by atoms with van der Waals surface area (Å²) in [5, 5.41) is 2.37. The largest absolute Gasteiger partial charge is 0.494 e. The van der Waals surface area contributed by atoms with Gasteiger partial charge >= 0.3 is 0 Å². The summed E-state index contributed by atoms with van der Waals surface area (Å²) in [6.45, 7) is 3.11. The maximum absolute atomic E-state index is 5.80. The standard InChI is InChI=1S/C19H27NOS/c1-2-4-16-6-8-17(9-7-16)5-3-14-21-19-12-10-18(11-13-19)20-15-22/h10-13,16-17H,2-9,14H2,1H3/t16-,17-. The van der Waals surface area contributed by atoms with Crippen LogP contribution in [0.5, 0.6) is 5.75 Å². The molecule has 1 aromatic rings. The number of thiocarbonyl (C=S) groups is 1. The Kier molecular flexibility index (Phi) is 7.62. The summed E-state index contributed by atoms with van der Waals surface area (Å²) < 4.78 is 5.80. The van der Waals surface area contributed by atoms with Gasteiger partial charge in [-0.3, -0.25) is 0 Å². The molecule has 0 amide bonds. The summed E-state index contributed by atoms with van der Waals surface area (Å²) in [6, 6.07) is 7.70. The Labute approximate surface area is 140 Å². The lowest BCUT2D eigenvalue weighted by atomic mass is 9.78. The Balaban J connectivity index is 1.60. The number of benzene rings is 1. The maximum atomic E-state index is 5.80. The van der Waals surface area contributed by atoms with Crippen LogP contribution in [0.4, 0.5) is 5.69 Å². The smallest absolute Gasteiger partial charge is 0.119 e. The van der Waals surface area contributed by atoms with E-state index in [0.29, 0.717) is 0 Å². The molecule has 1 aromatic carbocycles. The molecule has 0 radical (unpaired) electrons. The van der Waals surface area contributed by atoms with Gasteiger partial charge in [-0.25, -0.2) is 0 Å². The lowest BCUT2D eigenvalue weighted by Gasteiger charge is -2.28. The molecule has 120 valence electrons. The molecule has 22 heavy (non-hydrogen) atoms. The molecular formula is C19H27NOS. The molecule has 0 bridgehead atoms. The Morgan fingerprint density at radius 3 is 2.32 bits per heavy atom. The molecule has 1 saturated carbocycles. The zero-order valence-corrected chi connectivity index (χ0v) is 14.4. The molecule has 1 fully saturated rings. The zero-order valence-electron chi connectivity index (χ0n) is 13.6. The van der Waals surface area contributed by atoms with E-state index < -0.39 is 0 Å². The van der Waals surface area contributed by atoms with Crippen molar-refractivity contribution >= 4 is 23.1 Å². The van der Waals surface area contributed by atoms with Crippen LogP contribution in [0.3, 0.4) is 0 Å². The number of rotatable bonds is 8. The fourth-order valence-corrected chi connectivity index (χ4v) is 3.55. The summed E-state index contributed by atoms with van der Waals surface area (Å²) in [7, 11) is 0. The van der Waals surface area contributed by atoms with Crippen LogP contribution in [0.25, 0.3) is 0 Å². The normalized spacial score (nSPS) is 21.1. The monoisotopic (exact) mass is 317 g/mol. The van der Waals surface area contributed by atoms with Crippen LogP contribution in [0.15, 0.2) is 29.3 Å². The summed E-state index contributed by atoms with van der Waals surface area (Å²) in [5.74, 6) is 2.84. The van der Waals surface area contributed by atoms with Gasteiger partial charge in [0, 0.05) is 0 Å². The number of hydrogen-bond donors (Lipinski definition) is 0. The minimum absolute atomic E-state index is 0.810. The highest BCUT2D eigenvalue weighted by atomic mass is 32.1. The van der Waals surface area contributed by atoms with Crippen LogP contribution < -0.4 is 4.74 Å². The quantitative estimate of drug-likeness (QED) is 0.324. The summed E-state index contributed by atoms with van der Waals surface area (Å²) in [5.41, 5.74) is 0.825. The second-order valence-electron chi connectivity index (χ2n) is 6.36. The van der Waals surface area contributed by atoms with Gasteiger partial charge in [-0.2, -0.15) is 4.99 Å². The van der Waals surface area contributed by atoms with E-state index in [9.17, 15) is 0 Å². The van der Waals surface area contributed by atoms with Gasteiger partial charge in [0.15, 0.2) is 0 Å². The molecule has 2 rings (SSSR count). The van der Waals surface area contributed by atoms with E-state index in [1.165, 1.54) is 44.9 Å². The minimum Gasteiger partial charge on any atom is -0.494 e. The van der Waals surface area contributed by atoms with E-state index in [1.807, 2.05) is 24.3 Å². The highest BCUT2D eigenvalue weighted by molar-refractivity contribution is 7.78. The molecular weight excluding hydrogens is 290 g/mol. The fourth-order valence-electron chi connectivity index (χ4n) is 3.45. The van der Waals surface area contributed by atoms with Crippen molar-refractivity contribution < 1.29 is 4.74 Å². The van der Waals surface area contributed by atoms with Gasteiger partial charge in [-0.05, 0) is 61.2 Å². The second kappa shape index (κ2) is 9.76. The molecule has 1 aliphatic rings. The van der Waals surface area contributed by atoms with Crippen molar-refractivity contribution in [1.29, 1.82) is 0 Å². The van der Waals surface area contributed by atoms with E-state index in [-0.39, 0.29) is 0 Å². The lowest BCUT2D eigenvalue weighted by molar-refractivity contribution is 0.230. The summed E-state index contributed by atoms with van der Waals surface area (Å²) >= 11 is 4.59. The predicted octanol–water partition coefficient (Wildman–Crippen LogP) is 6.19. The highest BCUT2D eigenvalue weighted by Gasteiger charge is 2.19. The third-order valence-electron chi connectivity index (χ3n) is 4.70. The molecule has 0 aromatic heterocycles. The number of hydrogen-bond acceptors (Lipinski definition) is 3. The van der Waals surface area contributed by atoms with E-state index in [4.69, 9.17) is 4.74 Å². The van der Waals surface area contributed by atoms with Crippen LogP contribution >= 0.6 is 12.2 Å². The number of isothiocyanates is 1. The van der Waals surface area contributed by atoms with Crippen molar-refractivity contribution in [3.63, 3.8) is 0 Å². The third-order valence-corrected chi connectivity index (χ3v) is 4.79. The molecule has 0 N–H and O–H groups in total. The predicted molar refractivity (Wildman–Crippen MR) is 96.2 cm³/mol. The first-order valence-electron chi connectivity index (χ1n) is 8.62. The number of ether oxygens (including phenoxy) is 1. The van der Waals surface area contributed by atoms with Gasteiger partial charge in [0.2, 0.25) is 0 Å². The van der Waals surface area contributed by atoms with Crippen molar-refractivity contribution in [1.82, 2.24) is 0 Å². The molecule has 0 spiro atoms. The third kappa shape index (κ3) is 5.90. The molecule has 0 unspecified atom stereocenters. The van der Waals surface area contributed by atoms with E-state index in [0.717, 1.165) is 36.3 Å². The first-order valence-corrected chi connectivity index (χ1v) is 9.03. The van der Waals surface area contributed by atoms with Gasteiger partial charge in [-0.1, -0.05) is 45.4 Å². The maximum Gasteiger partial charge on any atom is 0.119 e. The van der Waals surface area contributed by atoms with E-state index in [2.05, 4.69) is 29.3 Å². The highest BCUT2D eigenvalue weighted by Crippen LogP contribution is 2.33. The van der Waals surface area contributed by atoms with Gasteiger partial charge < -0.3 is 4.74 Å². The van der Waals surface area contributed by atoms with Gasteiger partial charge in [-0.15, -0.1) is 0 Å². The van der Waals surface area contributed by atoms with E-state index in [1.54, 1.807) is 0 Å². The molecule has 0 atom stereocenters. The topological polar surface area (TPSA) is 21.6 Å². The van der Waals surface area contributed by atoms with Crippen LogP contribution in [0.1, 0.15) is 58.3 Å². The van der Waals surface area contributed by atoms with Crippen molar-refractivity contribution in [2.75, 3.05) is 6.61 Å². The Bertz CT molecular complexity index is 471. The number of aliphatic imine (C=N–C) groups is 1. The van der Waals surface area contributed by atoms with Crippen LogP contribution in [-0.4, -0.2) is 11.8 Å². The van der Waals surface area contributed by atoms with Crippen LogP contribution in [0, 0.1) is 11.8 Å². The first-order chi connectivity index (χ1) is 10.8. The Morgan fingerprint density at radius 2 is 1.73 bits per heavy atom. The molecule has 2 nitrogen and oxygen atoms in total. The zero-order chi connectivity index (χ0) is 15.6. The van der Waals surface area contributed by atoms with Crippen LogP contribution in [0.2, 0.25) is 0 Å². The second-order valence-corrected chi connectivity index (χ2v) is 6.55. The van der Waals surface area contributed by atoms with Crippen molar-refractivity contribution in [3.05, 3.63) is 24.3 Å². The van der Waals surface area contributed by atoms with Crippen molar-refractivity contribution in [2.24, 2.45) is 16.8 Å². The number of nitrogens with zero attached hydrogens (tertiary/aromatic N) is 1. The Morgan fingerprint density at radius 1 is 1.09 bits per heavy atom. The van der Waals surface area contributed by atoms with Crippen molar-refractivity contribution in [2.45, 2.75) is 58.3 Å². The first kappa shape index (κ1) is 17.2. The van der Waals surface area contributed by atoms with Gasteiger partial charge in [0.05, 0.1) is 17.5 Å². The summed E-state index contributed by atoms with van der Waals surface area (Å²) in [4.78, 5) is 3.93. The molecule has 1 aliphatic carbocycles. The minimum atomic E-state index is 0.810.